The molecule has 0 aliphatic carbocycles. The molecule has 0 radical (unpaired) electrons. The van der Waals surface area contributed by atoms with Crippen molar-refractivity contribution in [2.75, 3.05) is 0 Å². The predicted octanol–water partition coefficient (Wildman–Crippen LogP) is 14.5. The Labute approximate surface area is 404 Å². The van der Waals surface area contributed by atoms with Crippen molar-refractivity contribution in [3.05, 3.63) is 192 Å². The van der Waals surface area contributed by atoms with Crippen LogP contribution in [0.1, 0.15) is 78.5 Å². The van der Waals surface area contributed by atoms with Gasteiger partial charge in [-0.2, -0.15) is 0 Å². The largest absolute Gasteiger partial charge is 0.507 e. The number of rotatable bonds is 7. The third-order valence-corrected chi connectivity index (χ3v) is 10.2. The van der Waals surface area contributed by atoms with Crippen LogP contribution in [0.5, 0.6) is 5.75 Å². The molecule has 1 N–H and O–H groups in total. The molecule has 0 amide bonds. The fraction of sp³-hybridized carbons (Fsp3) is 0.143. The molecule has 4 nitrogen and oxygen atoms in total. The SMILES string of the molecule is [2H]c1nc(-c2[c-]c(-c3cccc4c3nc(-c3cc(C)cc(C)c3O)n4-c3cc(-c4ccccc4)c(C([2H])([2H])[2H])c(C([2H])([2H])[2H])c3)cc(-c3ccccc3)c2)c([2H])c(-c2c([2H])c([2H])c(C(C([2H])([2H])[2H])(C([2H])([2H])[2H])C([2H])([2H])[2H])c([2H])c2[2H])c1[2H].[Pt]. The van der Waals surface area contributed by atoms with Gasteiger partial charge in [0, 0.05) is 59.2 Å². The van der Waals surface area contributed by atoms with E-state index in [0.717, 1.165) is 5.56 Å². The van der Waals surface area contributed by atoms with Crippen molar-refractivity contribution in [3.8, 4) is 78.6 Å². The minimum absolute atomic E-state index is 0. The van der Waals surface area contributed by atoms with Crippen LogP contribution >= 0.6 is 0 Å². The second-order valence-electron chi connectivity index (χ2n) is 14.5. The van der Waals surface area contributed by atoms with E-state index in [1.165, 1.54) is 6.07 Å². The first-order valence-corrected chi connectivity index (χ1v) is 18.8. The summed E-state index contributed by atoms with van der Waals surface area (Å²) in [6.07, 6.45) is -0.835. The van der Waals surface area contributed by atoms with Crippen molar-refractivity contribution < 1.29 is 56.3 Å². The zero-order valence-electron chi connectivity index (χ0n) is 54.6. The van der Waals surface area contributed by atoms with Crippen molar-refractivity contribution in [1.29, 1.82) is 0 Å². The number of hydrogen-bond acceptors (Lipinski definition) is 3. The molecule has 0 aliphatic heterocycles. The van der Waals surface area contributed by atoms with E-state index >= 15 is 0 Å². The third kappa shape index (κ3) is 8.01. The number of aryl methyl sites for hydroxylation is 3. The van der Waals surface area contributed by atoms with E-state index in [0.29, 0.717) is 33.3 Å². The van der Waals surface area contributed by atoms with Crippen LogP contribution < -0.4 is 0 Å². The summed E-state index contributed by atoms with van der Waals surface area (Å²) in [5, 5.41) is 11.8. The molecule has 0 saturated carbocycles. The Hall–Kier alpha value is -6.35. The van der Waals surface area contributed by atoms with Gasteiger partial charge in [-0.05, 0) is 119 Å². The van der Waals surface area contributed by atoms with E-state index in [-0.39, 0.29) is 77.4 Å². The fourth-order valence-electron chi connectivity index (χ4n) is 7.33. The predicted molar refractivity (Wildman–Crippen MR) is 250 cm³/mol. The van der Waals surface area contributed by atoms with Crippen LogP contribution in [0.2, 0.25) is 0 Å². The van der Waals surface area contributed by atoms with Crippen molar-refractivity contribution in [1.82, 2.24) is 14.5 Å². The molecule has 61 heavy (non-hydrogen) atoms. The maximum atomic E-state index is 11.8. The summed E-state index contributed by atoms with van der Waals surface area (Å²) in [7, 11) is 0. The Morgan fingerprint density at radius 2 is 1.39 bits per heavy atom. The molecule has 0 bridgehead atoms. The average Bonchev–Trinajstić information content (AvgIpc) is 3.78. The number of imidazole rings is 1. The average molecular weight is 996 g/mol. The summed E-state index contributed by atoms with van der Waals surface area (Å²) in [6.45, 7) is -14.3. The van der Waals surface area contributed by atoms with Crippen molar-refractivity contribution in [3.63, 3.8) is 0 Å². The van der Waals surface area contributed by atoms with E-state index < -0.39 is 104 Å². The van der Waals surface area contributed by atoms with Crippen molar-refractivity contribution in [2.24, 2.45) is 0 Å². The Morgan fingerprint density at radius 3 is 2.11 bits per heavy atom. The molecule has 2 aromatic heterocycles. The summed E-state index contributed by atoms with van der Waals surface area (Å²) in [5.74, 6) is -0.0359. The minimum atomic E-state index is -3.97. The Balaban J connectivity index is 0.00000900. The number of para-hydroxylation sites is 1. The summed E-state index contributed by atoms with van der Waals surface area (Å²) in [5.41, 5.74) is -3.77. The number of benzene rings is 7. The summed E-state index contributed by atoms with van der Waals surface area (Å²) >= 11 is 0. The minimum Gasteiger partial charge on any atom is -0.507 e. The number of phenolic OH excluding ortho intramolecular Hbond substituents is 1. The molecular weight excluding hydrogens is 926 g/mol. The molecule has 304 valence electrons. The number of aromatic nitrogens is 3. The van der Waals surface area contributed by atoms with E-state index in [9.17, 15) is 6.48 Å². The smallest absolute Gasteiger partial charge is 0.148 e. The Kier molecular flexibility index (Phi) is 6.12. The van der Waals surface area contributed by atoms with Crippen LogP contribution in [0.4, 0.5) is 0 Å². The molecule has 0 spiro atoms. The van der Waals surface area contributed by atoms with Crippen LogP contribution in [-0.2, 0) is 26.5 Å². The van der Waals surface area contributed by atoms with Crippen LogP contribution in [0.3, 0.4) is 0 Å². The molecule has 0 saturated heterocycles. The Morgan fingerprint density at radius 1 is 0.656 bits per heavy atom. The number of pyridine rings is 1. The van der Waals surface area contributed by atoms with Gasteiger partial charge in [0.25, 0.3) is 0 Å². The molecule has 0 unspecified atom stereocenters. The van der Waals surface area contributed by atoms with E-state index in [2.05, 4.69) is 11.1 Å². The topological polar surface area (TPSA) is 50.9 Å². The molecule has 0 atom stereocenters. The first kappa shape index (κ1) is 22.5. The molecule has 2 heterocycles. The quantitative estimate of drug-likeness (QED) is 0.162. The zero-order chi connectivity index (χ0) is 60.3. The van der Waals surface area contributed by atoms with E-state index in [1.54, 1.807) is 121 Å². The maximum absolute atomic E-state index is 11.8. The molecule has 0 aliphatic rings. The van der Waals surface area contributed by atoms with Crippen molar-refractivity contribution >= 4 is 11.0 Å². The summed E-state index contributed by atoms with van der Waals surface area (Å²) in [4.78, 5) is 9.51. The first-order chi connectivity index (χ1) is 38.0. The Bertz CT molecular complexity index is 3970. The monoisotopic (exact) mass is 995 g/mol. The second kappa shape index (κ2) is 16.6. The van der Waals surface area contributed by atoms with Crippen LogP contribution in [0, 0.1) is 33.6 Å². The standard InChI is InChI=1S/C56H48N3O.Pt/c1-35-27-37(3)54(60)50(28-35)55-58-53-48(19-14-20-52(53)59(55)47-29-36(2)38(4)49(34-47)41-17-12-9-13-18-41)44-30-43(39-15-10-8-11-16-39)31-45(32-44)51-33-42(25-26-57-51)40-21-23-46(24-22-40)56(5,6)7;/h8-31,33-34,60H,1-7H3;/q-1;/i2D3,4D3,5D3,6D3,7D3,21D,22D,23D,24D,25D,26D,33D;. The maximum Gasteiger partial charge on any atom is 0.148 e. The van der Waals surface area contributed by atoms with Crippen LogP contribution in [-0.4, -0.2) is 19.6 Å². The van der Waals surface area contributed by atoms with Crippen LogP contribution in [0.25, 0.3) is 83.9 Å². The molecule has 5 heteroatoms. The van der Waals surface area contributed by atoms with Gasteiger partial charge in [0.2, 0.25) is 0 Å². The van der Waals surface area contributed by atoms with Gasteiger partial charge in [0.05, 0.1) is 26.2 Å². The van der Waals surface area contributed by atoms with Gasteiger partial charge >= 0.3 is 0 Å². The molecule has 9 rings (SSSR count). The van der Waals surface area contributed by atoms with Gasteiger partial charge in [0.1, 0.15) is 11.6 Å². The number of aromatic hydroxyl groups is 1. The molecule has 7 aromatic carbocycles. The second-order valence-corrected chi connectivity index (χ2v) is 14.5. The number of nitrogens with zero attached hydrogens (tertiary/aromatic N) is 3. The fourth-order valence-corrected chi connectivity index (χ4v) is 7.33. The summed E-state index contributed by atoms with van der Waals surface area (Å²) < 4.78 is 192. The molecule has 0 fully saturated rings. The first-order valence-electron chi connectivity index (χ1n) is 29.8. The molecular formula is C56H48N3OPt-. The van der Waals surface area contributed by atoms with E-state index in [4.69, 9.17) is 33.8 Å². The van der Waals surface area contributed by atoms with Gasteiger partial charge in [-0.3, -0.25) is 9.55 Å². The van der Waals surface area contributed by atoms with Crippen LogP contribution in [0.15, 0.2) is 158 Å². The van der Waals surface area contributed by atoms with Gasteiger partial charge in [-0.15, -0.1) is 23.8 Å². The van der Waals surface area contributed by atoms with Gasteiger partial charge in [-0.1, -0.05) is 146 Å². The van der Waals surface area contributed by atoms with Crippen molar-refractivity contribution in [2.45, 2.75) is 53.5 Å². The zero-order valence-corrected chi connectivity index (χ0v) is 34.8. The third-order valence-electron chi connectivity index (χ3n) is 10.2. The van der Waals surface area contributed by atoms with Gasteiger partial charge < -0.3 is 5.11 Å². The number of phenols is 1. The van der Waals surface area contributed by atoms with Gasteiger partial charge in [0.15, 0.2) is 0 Å². The summed E-state index contributed by atoms with van der Waals surface area (Å²) in [6, 6.07) is 28.5. The number of fused-ring (bicyclic) bond motifs is 1. The molecule has 9 aromatic rings. The van der Waals surface area contributed by atoms with E-state index in [1.807, 2.05) is 6.92 Å². The van der Waals surface area contributed by atoms with Gasteiger partial charge in [-0.25, -0.2) is 4.98 Å². The normalized spacial score (nSPS) is 17.7. The number of hydrogen-bond donors (Lipinski definition) is 1.